The highest BCUT2D eigenvalue weighted by molar-refractivity contribution is 7.90. The molecular formula is C29H39N5O2S. The van der Waals surface area contributed by atoms with Gasteiger partial charge in [-0.1, -0.05) is 6.42 Å². The van der Waals surface area contributed by atoms with Gasteiger partial charge in [0.15, 0.2) is 15.5 Å². The highest BCUT2D eigenvalue weighted by Crippen LogP contribution is 2.34. The number of aryl methyl sites for hydroxylation is 2. The van der Waals surface area contributed by atoms with Crippen molar-refractivity contribution in [3.63, 3.8) is 0 Å². The number of aromatic nitrogens is 3. The lowest BCUT2D eigenvalue weighted by Crippen LogP contribution is -2.51. The molecule has 2 saturated heterocycles. The Hall–Kier alpha value is -2.29. The first kappa shape index (κ1) is 25.0. The van der Waals surface area contributed by atoms with Crippen molar-refractivity contribution < 1.29 is 8.42 Å². The molecule has 1 aliphatic carbocycles. The van der Waals surface area contributed by atoms with Crippen LogP contribution in [0.3, 0.4) is 0 Å². The molecule has 8 heteroatoms. The largest absolute Gasteiger partial charge is 0.312 e. The average Bonchev–Trinajstić information content (AvgIpc) is 3.20. The number of hydrogen-bond acceptors (Lipinski definition) is 6. The van der Waals surface area contributed by atoms with Gasteiger partial charge >= 0.3 is 0 Å². The van der Waals surface area contributed by atoms with E-state index in [0.29, 0.717) is 10.8 Å². The number of likely N-dealkylation sites (tertiary alicyclic amines) is 2. The number of nitrogens with zero attached hydrogens (tertiary/aromatic N) is 5. The third kappa shape index (κ3) is 4.84. The van der Waals surface area contributed by atoms with Crippen molar-refractivity contribution in [2.24, 2.45) is 7.05 Å². The van der Waals surface area contributed by atoms with Crippen LogP contribution in [0.25, 0.3) is 22.6 Å². The Kier molecular flexibility index (Phi) is 6.62. The summed E-state index contributed by atoms with van der Waals surface area (Å²) in [6.45, 7) is 7.03. The number of pyridine rings is 1. The van der Waals surface area contributed by atoms with Gasteiger partial charge < -0.3 is 14.4 Å². The van der Waals surface area contributed by atoms with Gasteiger partial charge in [-0.25, -0.2) is 18.4 Å². The van der Waals surface area contributed by atoms with Crippen molar-refractivity contribution in [1.29, 1.82) is 0 Å². The number of piperidine rings is 2. The summed E-state index contributed by atoms with van der Waals surface area (Å²) in [4.78, 5) is 15.8. The van der Waals surface area contributed by atoms with E-state index in [2.05, 4.69) is 22.8 Å². The molecule has 3 aliphatic rings. The molecule has 198 valence electrons. The molecule has 0 atom stereocenters. The number of imidazole rings is 1. The lowest BCUT2D eigenvalue weighted by atomic mass is 9.88. The van der Waals surface area contributed by atoms with Crippen molar-refractivity contribution in [2.75, 3.05) is 32.4 Å². The van der Waals surface area contributed by atoms with Gasteiger partial charge in [0.2, 0.25) is 0 Å². The molecule has 0 N–H and O–H groups in total. The zero-order valence-corrected chi connectivity index (χ0v) is 23.2. The molecule has 6 rings (SSSR count). The molecule has 3 fully saturated rings. The molecule has 0 unspecified atom stereocenters. The van der Waals surface area contributed by atoms with Gasteiger partial charge in [-0.3, -0.25) is 0 Å². The molecular weight excluding hydrogens is 482 g/mol. The van der Waals surface area contributed by atoms with Crippen molar-refractivity contribution in [2.45, 2.75) is 74.8 Å². The van der Waals surface area contributed by atoms with Crippen LogP contribution in [0.5, 0.6) is 0 Å². The average molecular weight is 522 g/mol. The summed E-state index contributed by atoms with van der Waals surface area (Å²) in [5, 5.41) is 0. The van der Waals surface area contributed by atoms with Gasteiger partial charge in [-0.2, -0.15) is 0 Å². The topological polar surface area (TPSA) is 71.3 Å². The minimum absolute atomic E-state index is 0.321. The highest BCUT2D eigenvalue weighted by Gasteiger charge is 2.33. The molecule has 0 bridgehead atoms. The summed E-state index contributed by atoms with van der Waals surface area (Å²) in [7, 11) is -1.22. The van der Waals surface area contributed by atoms with Crippen molar-refractivity contribution in [3.05, 3.63) is 41.6 Å². The Bertz CT molecular complexity index is 1380. The van der Waals surface area contributed by atoms with Crippen LogP contribution >= 0.6 is 0 Å². The van der Waals surface area contributed by atoms with Crippen LogP contribution in [-0.2, 0) is 16.9 Å². The summed E-state index contributed by atoms with van der Waals surface area (Å²) in [6, 6.07) is 10.9. The van der Waals surface area contributed by atoms with Crippen molar-refractivity contribution in [3.8, 4) is 11.4 Å². The lowest BCUT2D eigenvalue weighted by Gasteiger charge is -2.45. The molecule has 7 nitrogen and oxygen atoms in total. The normalized spacial score (nSPS) is 21.5. The minimum atomic E-state index is -3.22. The molecule has 3 aromatic rings. The number of benzene rings is 1. The maximum absolute atomic E-state index is 11.8. The zero-order chi connectivity index (χ0) is 25.7. The van der Waals surface area contributed by atoms with Crippen molar-refractivity contribution >= 4 is 21.0 Å². The molecule has 1 aromatic carbocycles. The van der Waals surface area contributed by atoms with E-state index >= 15 is 0 Å². The first-order valence-electron chi connectivity index (χ1n) is 13.9. The number of rotatable bonds is 5. The smallest absolute Gasteiger partial charge is 0.175 e. The Morgan fingerprint density at radius 3 is 2.00 bits per heavy atom. The SMILES string of the molecule is Cc1cc(C2CCN(C3CCN(C4CCC4)CC3)CC2)nc2c1nc(-c1ccc(S(C)(=O)=O)cc1)n2C. The molecule has 0 radical (unpaired) electrons. The Balaban J connectivity index is 1.15. The van der Waals surface area contributed by atoms with Crippen LogP contribution in [0.1, 0.15) is 62.1 Å². The van der Waals surface area contributed by atoms with E-state index in [4.69, 9.17) is 9.97 Å². The predicted octanol–water partition coefficient (Wildman–Crippen LogP) is 4.54. The third-order valence-corrected chi connectivity index (χ3v) is 10.3. The van der Waals surface area contributed by atoms with E-state index in [9.17, 15) is 8.42 Å². The van der Waals surface area contributed by atoms with Crippen LogP contribution in [0.15, 0.2) is 35.2 Å². The quantitative estimate of drug-likeness (QED) is 0.491. The fourth-order valence-electron chi connectivity index (χ4n) is 6.57. The van der Waals surface area contributed by atoms with E-state index in [1.807, 2.05) is 23.7 Å². The second-order valence-corrected chi connectivity index (χ2v) is 13.5. The van der Waals surface area contributed by atoms with E-state index in [0.717, 1.165) is 40.2 Å². The molecule has 37 heavy (non-hydrogen) atoms. The third-order valence-electron chi connectivity index (χ3n) is 9.13. The van der Waals surface area contributed by atoms with Crippen LogP contribution in [0.4, 0.5) is 0 Å². The molecule has 1 saturated carbocycles. The fraction of sp³-hybridized carbons (Fsp3) is 0.586. The monoisotopic (exact) mass is 521 g/mol. The Morgan fingerprint density at radius 2 is 1.43 bits per heavy atom. The summed E-state index contributed by atoms with van der Waals surface area (Å²) in [5.74, 6) is 1.30. The fourth-order valence-corrected chi connectivity index (χ4v) is 7.20. The number of sulfone groups is 1. The first-order chi connectivity index (χ1) is 17.8. The second-order valence-electron chi connectivity index (χ2n) is 11.5. The summed E-state index contributed by atoms with van der Waals surface area (Å²) < 4.78 is 25.7. The maximum atomic E-state index is 11.8. The van der Waals surface area contributed by atoms with E-state index < -0.39 is 9.84 Å². The van der Waals surface area contributed by atoms with Gasteiger partial charge in [0.25, 0.3) is 0 Å². The molecule has 2 aliphatic heterocycles. The molecule has 0 spiro atoms. The summed E-state index contributed by atoms with van der Waals surface area (Å²) in [5.41, 5.74) is 5.06. The van der Waals surface area contributed by atoms with Crippen LogP contribution in [0, 0.1) is 6.92 Å². The molecule has 4 heterocycles. The zero-order valence-electron chi connectivity index (χ0n) is 22.4. The minimum Gasteiger partial charge on any atom is -0.312 e. The van der Waals surface area contributed by atoms with Gasteiger partial charge in [-0.15, -0.1) is 0 Å². The highest BCUT2D eigenvalue weighted by atomic mass is 32.2. The van der Waals surface area contributed by atoms with E-state index in [1.54, 1.807) is 12.1 Å². The van der Waals surface area contributed by atoms with Gasteiger partial charge in [0.1, 0.15) is 11.3 Å². The van der Waals surface area contributed by atoms with Gasteiger partial charge in [-0.05, 0) is 108 Å². The van der Waals surface area contributed by atoms with Crippen LogP contribution < -0.4 is 0 Å². The summed E-state index contributed by atoms with van der Waals surface area (Å²) in [6.07, 6.45) is 10.5. The summed E-state index contributed by atoms with van der Waals surface area (Å²) >= 11 is 0. The van der Waals surface area contributed by atoms with Crippen molar-refractivity contribution in [1.82, 2.24) is 24.3 Å². The lowest BCUT2D eigenvalue weighted by molar-refractivity contribution is 0.0466. The Morgan fingerprint density at radius 1 is 0.838 bits per heavy atom. The maximum Gasteiger partial charge on any atom is 0.175 e. The number of fused-ring (bicyclic) bond motifs is 1. The standard InChI is InChI=1S/C29H39N5O2S/c1-20-19-26(21-11-15-33(16-12-21)24-13-17-34(18-14-24)23-5-4-6-23)30-29-27(20)31-28(32(29)2)22-7-9-25(10-8-22)37(3,35)36/h7-10,19,21,23-24H,4-6,11-18H2,1-3H3. The molecule has 0 amide bonds. The predicted molar refractivity (Wildman–Crippen MR) is 148 cm³/mol. The number of hydrogen-bond donors (Lipinski definition) is 0. The van der Waals surface area contributed by atoms with E-state index in [1.165, 1.54) is 83.1 Å². The molecule has 2 aromatic heterocycles. The second kappa shape index (κ2) is 9.79. The van der Waals surface area contributed by atoms with Crippen LogP contribution in [0.2, 0.25) is 0 Å². The van der Waals surface area contributed by atoms with Crippen LogP contribution in [-0.4, -0.2) is 77.3 Å². The van der Waals surface area contributed by atoms with E-state index in [-0.39, 0.29) is 0 Å². The Labute approximate surface area is 220 Å². The first-order valence-corrected chi connectivity index (χ1v) is 15.8. The van der Waals surface area contributed by atoms with Gasteiger partial charge in [0, 0.05) is 42.6 Å². The van der Waals surface area contributed by atoms with Gasteiger partial charge in [0.05, 0.1) is 4.90 Å².